The first-order chi connectivity index (χ1) is 6.85. The number of piperidine rings is 1. The molecule has 1 unspecified atom stereocenters. The number of hydrogen-bond acceptors (Lipinski definition) is 3. The van der Waals surface area contributed by atoms with Gasteiger partial charge in [-0.2, -0.15) is 0 Å². The fourth-order valence-electron chi connectivity index (χ4n) is 1.82. The highest BCUT2D eigenvalue weighted by molar-refractivity contribution is 5.78. The maximum Gasteiger partial charge on any atom is 0.323 e. The Bertz CT molecular complexity index is 275. The molecule has 2 N–H and O–H groups in total. The maximum absolute atomic E-state index is 11.0. The lowest BCUT2D eigenvalue weighted by Crippen LogP contribution is -2.54. The van der Waals surface area contributed by atoms with Crippen LogP contribution in [0.25, 0.3) is 0 Å². The Kier molecular flexibility index (Phi) is 3.34. The molecule has 0 amide bonds. The van der Waals surface area contributed by atoms with E-state index in [0.717, 1.165) is 6.42 Å². The van der Waals surface area contributed by atoms with Gasteiger partial charge in [-0.05, 0) is 33.2 Å². The van der Waals surface area contributed by atoms with Gasteiger partial charge in [-0.3, -0.25) is 14.5 Å². The third-order valence-corrected chi connectivity index (χ3v) is 3.08. The van der Waals surface area contributed by atoms with Crippen LogP contribution < -0.4 is 0 Å². The second-order valence-corrected chi connectivity index (χ2v) is 4.49. The smallest absolute Gasteiger partial charge is 0.323 e. The van der Waals surface area contributed by atoms with Crippen LogP contribution in [0.3, 0.4) is 0 Å². The van der Waals surface area contributed by atoms with Gasteiger partial charge in [0.15, 0.2) is 0 Å². The predicted molar refractivity (Wildman–Crippen MR) is 53.6 cm³/mol. The number of rotatable bonds is 3. The summed E-state index contributed by atoms with van der Waals surface area (Å²) in [5.74, 6) is -2.17. The number of carboxylic acid groups (broad SMARTS) is 2. The molecule has 1 aliphatic heterocycles. The van der Waals surface area contributed by atoms with E-state index in [4.69, 9.17) is 10.2 Å². The van der Waals surface area contributed by atoms with Crippen molar-refractivity contribution >= 4 is 11.9 Å². The van der Waals surface area contributed by atoms with Crippen molar-refractivity contribution in [2.75, 3.05) is 13.1 Å². The van der Waals surface area contributed by atoms with Gasteiger partial charge >= 0.3 is 11.9 Å². The molecular formula is C10H17NO4. The van der Waals surface area contributed by atoms with Crippen LogP contribution >= 0.6 is 0 Å². The van der Waals surface area contributed by atoms with E-state index in [1.807, 2.05) is 0 Å². The van der Waals surface area contributed by atoms with Crippen LogP contribution in [0.1, 0.15) is 26.7 Å². The summed E-state index contributed by atoms with van der Waals surface area (Å²) in [4.78, 5) is 23.6. The van der Waals surface area contributed by atoms with Crippen LogP contribution in [0, 0.1) is 5.92 Å². The van der Waals surface area contributed by atoms with E-state index >= 15 is 0 Å². The predicted octanol–water partition coefficient (Wildman–Crippen LogP) is 0.646. The van der Waals surface area contributed by atoms with E-state index in [2.05, 4.69) is 0 Å². The van der Waals surface area contributed by atoms with E-state index in [0.29, 0.717) is 19.5 Å². The first-order valence-corrected chi connectivity index (χ1v) is 5.07. The average Bonchev–Trinajstić information content (AvgIpc) is 2.17. The van der Waals surface area contributed by atoms with Gasteiger partial charge in [0.2, 0.25) is 0 Å². The van der Waals surface area contributed by atoms with Crippen molar-refractivity contribution in [3.63, 3.8) is 0 Å². The molecule has 5 heteroatoms. The molecule has 1 saturated heterocycles. The Morgan fingerprint density at radius 3 is 2.40 bits per heavy atom. The van der Waals surface area contributed by atoms with Crippen LogP contribution in [0.2, 0.25) is 0 Å². The molecule has 86 valence electrons. The minimum absolute atomic E-state index is 0.328. The standard InChI is InChI=1S/C10H17NO4/c1-10(2,9(14)15)11-5-3-4-7(6-11)8(12)13/h7H,3-6H2,1-2H3,(H,12,13)(H,14,15). The minimum Gasteiger partial charge on any atom is -0.481 e. The summed E-state index contributed by atoms with van der Waals surface area (Å²) in [7, 11) is 0. The fraction of sp³-hybridized carbons (Fsp3) is 0.800. The van der Waals surface area contributed by atoms with E-state index in [-0.39, 0.29) is 0 Å². The SMILES string of the molecule is CC(C)(C(=O)O)N1CCCC(C(=O)O)C1. The van der Waals surface area contributed by atoms with Gasteiger partial charge in [0.05, 0.1) is 5.92 Å². The highest BCUT2D eigenvalue weighted by Crippen LogP contribution is 2.24. The van der Waals surface area contributed by atoms with E-state index in [9.17, 15) is 9.59 Å². The summed E-state index contributed by atoms with van der Waals surface area (Å²) in [5, 5.41) is 17.9. The molecule has 5 nitrogen and oxygen atoms in total. The molecule has 0 aromatic rings. The van der Waals surface area contributed by atoms with Gasteiger partial charge in [-0.25, -0.2) is 0 Å². The van der Waals surface area contributed by atoms with Crippen molar-refractivity contribution in [3.05, 3.63) is 0 Å². The molecule has 15 heavy (non-hydrogen) atoms. The molecule has 1 heterocycles. The topological polar surface area (TPSA) is 77.8 Å². The van der Waals surface area contributed by atoms with Crippen molar-refractivity contribution < 1.29 is 19.8 Å². The lowest BCUT2D eigenvalue weighted by molar-refractivity contribution is -0.154. The summed E-state index contributed by atoms with van der Waals surface area (Å²) < 4.78 is 0. The van der Waals surface area contributed by atoms with Gasteiger partial charge in [0.25, 0.3) is 0 Å². The van der Waals surface area contributed by atoms with Crippen molar-refractivity contribution in [1.29, 1.82) is 0 Å². The van der Waals surface area contributed by atoms with Crippen molar-refractivity contribution in [2.24, 2.45) is 5.92 Å². The molecular weight excluding hydrogens is 198 g/mol. The largest absolute Gasteiger partial charge is 0.481 e. The summed E-state index contributed by atoms with van der Waals surface area (Å²) in [6.07, 6.45) is 1.38. The van der Waals surface area contributed by atoms with Crippen LogP contribution in [-0.4, -0.2) is 45.7 Å². The van der Waals surface area contributed by atoms with Crippen LogP contribution in [0.4, 0.5) is 0 Å². The van der Waals surface area contributed by atoms with Crippen LogP contribution in [0.15, 0.2) is 0 Å². The molecule has 1 rings (SSSR count). The van der Waals surface area contributed by atoms with E-state index in [1.54, 1.807) is 18.7 Å². The molecule has 0 spiro atoms. The second kappa shape index (κ2) is 4.18. The number of nitrogens with zero attached hydrogens (tertiary/aromatic N) is 1. The molecule has 1 fully saturated rings. The number of carboxylic acids is 2. The van der Waals surface area contributed by atoms with Crippen molar-refractivity contribution in [2.45, 2.75) is 32.2 Å². The van der Waals surface area contributed by atoms with Gasteiger partial charge in [-0.1, -0.05) is 0 Å². The molecule has 1 aliphatic rings. The molecule has 0 aromatic heterocycles. The minimum atomic E-state index is -0.978. The summed E-state index contributed by atoms with van der Waals surface area (Å²) in [6, 6.07) is 0. The van der Waals surface area contributed by atoms with E-state index in [1.165, 1.54) is 0 Å². The Morgan fingerprint density at radius 1 is 1.33 bits per heavy atom. The zero-order valence-electron chi connectivity index (χ0n) is 9.06. The molecule has 0 bridgehead atoms. The maximum atomic E-state index is 11.0. The monoisotopic (exact) mass is 215 g/mol. The Hall–Kier alpha value is -1.10. The second-order valence-electron chi connectivity index (χ2n) is 4.49. The van der Waals surface area contributed by atoms with Crippen molar-refractivity contribution in [3.8, 4) is 0 Å². The fourth-order valence-corrected chi connectivity index (χ4v) is 1.82. The summed E-state index contributed by atoms with van der Waals surface area (Å²) >= 11 is 0. The van der Waals surface area contributed by atoms with Crippen LogP contribution in [-0.2, 0) is 9.59 Å². The third-order valence-electron chi connectivity index (χ3n) is 3.08. The first kappa shape index (κ1) is 12.0. The number of hydrogen-bond donors (Lipinski definition) is 2. The van der Waals surface area contributed by atoms with Gasteiger partial charge < -0.3 is 10.2 Å². The number of carbonyl (C=O) groups is 2. The molecule has 0 radical (unpaired) electrons. The van der Waals surface area contributed by atoms with Crippen LogP contribution in [0.5, 0.6) is 0 Å². The molecule has 0 aromatic carbocycles. The van der Waals surface area contributed by atoms with Crippen molar-refractivity contribution in [1.82, 2.24) is 4.90 Å². The number of likely N-dealkylation sites (tertiary alicyclic amines) is 1. The summed E-state index contributed by atoms with van der Waals surface area (Å²) in [6.45, 7) is 4.21. The lowest BCUT2D eigenvalue weighted by atomic mass is 9.92. The Morgan fingerprint density at radius 2 is 1.93 bits per heavy atom. The quantitative estimate of drug-likeness (QED) is 0.722. The first-order valence-electron chi connectivity index (χ1n) is 5.07. The zero-order valence-corrected chi connectivity index (χ0v) is 9.06. The highest BCUT2D eigenvalue weighted by Gasteiger charge is 2.38. The van der Waals surface area contributed by atoms with Gasteiger partial charge in [0, 0.05) is 6.54 Å². The summed E-state index contributed by atoms with van der Waals surface area (Å²) in [5.41, 5.74) is -0.978. The third kappa shape index (κ3) is 2.47. The highest BCUT2D eigenvalue weighted by atomic mass is 16.4. The Labute approximate surface area is 88.7 Å². The lowest BCUT2D eigenvalue weighted by Gasteiger charge is -2.39. The molecule has 1 atom stereocenters. The molecule has 0 saturated carbocycles. The van der Waals surface area contributed by atoms with Gasteiger partial charge in [-0.15, -0.1) is 0 Å². The normalized spacial score (nSPS) is 23.7. The zero-order chi connectivity index (χ0) is 11.6. The molecule has 0 aliphatic carbocycles. The van der Waals surface area contributed by atoms with Gasteiger partial charge in [0.1, 0.15) is 5.54 Å². The average molecular weight is 215 g/mol. The Balaban J connectivity index is 2.71. The van der Waals surface area contributed by atoms with E-state index < -0.39 is 23.4 Å². The number of aliphatic carboxylic acids is 2.